The van der Waals surface area contributed by atoms with E-state index in [2.05, 4.69) is 20.9 Å². The van der Waals surface area contributed by atoms with E-state index in [4.69, 9.17) is 9.47 Å². The normalized spacial score (nSPS) is 12.4. The molecule has 13 nitrogen and oxygen atoms in total. The molecule has 4 N–H and O–H groups in total. The maximum Gasteiger partial charge on any atom is 0.407 e. The zero-order valence-electron chi connectivity index (χ0n) is 24.5. The highest BCUT2D eigenvalue weighted by atomic mass is 16.5. The molecule has 0 saturated heterocycles. The lowest BCUT2D eigenvalue weighted by Gasteiger charge is -2.19. The molecule has 3 amide bonds. The summed E-state index contributed by atoms with van der Waals surface area (Å²) in [7, 11) is 0. The van der Waals surface area contributed by atoms with Crippen molar-refractivity contribution in [3.05, 3.63) is 92.3 Å². The van der Waals surface area contributed by atoms with E-state index in [-0.39, 0.29) is 44.1 Å². The zero-order valence-corrected chi connectivity index (χ0v) is 24.5. The number of rotatable bonds is 13. The number of nitrogens with one attached hydrogen (secondary N) is 4. The van der Waals surface area contributed by atoms with Crippen molar-refractivity contribution in [2.45, 2.75) is 45.2 Å². The number of hydrogen-bond acceptors (Lipinski definition) is 8. The van der Waals surface area contributed by atoms with Crippen LogP contribution < -0.4 is 27.2 Å². The lowest BCUT2D eigenvalue weighted by atomic mass is 9.98. The monoisotopic (exact) mass is 605 g/mol. The summed E-state index contributed by atoms with van der Waals surface area (Å²) in [5.74, 6) is -2.04. The van der Waals surface area contributed by atoms with Gasteiger partial charge in [0.05, 0.1) is 6.61 Å². The molecule has 232 valence electrons. The molecule has 44 heavy (non-hydrogen) atoms. The number of H-pyrrole nitrogens is 1. The third-order valence-corrected chi connectivity index (χ3v) is 7.15. The van der Waals surface area contributed by atoms with E-state index in [0.29, 0.717) is 0 Å². The molecular formula is C31H35N5O8. The van der Waals surface area contributed by atoms with E-state index in [9.17, 15) is 28.8 Å². The molecule has 2 aromatic carbocycles. The Kier molecular flexibility index (Phi) is 10.7. The van der Waals surface area contributed by atoms with Crippen LogP contribution in [-0.2, 0) is 30.4 Å². The highest BCUT2D eigenvalue weighted by molar-refractivity contribution is 5.89. The summed E-state index contributed by atoms with van der Waals surface area (Å²) in [6.07, 6.45) is 1.00. The van der Waals surface area contributed by atoms with Crippen molar-refractivity contribution in [2.24, 2.45) is 0 Å². The van der Waals surface area contributed by atoms with Gasteiger partial charge >= 0.3 is 17.8 Å². The third kappa shape index (κ3) is 8.00. The number of alkyl carbamates (subject to hydrolysis) is 1. The number of aryl methyl sites for hydroxylation is 1. The molecule has 0 spiro atoms. The van der Waals surface area contributed by atoms with Crippen LogP contribution in [0.25, 0.3) is 11.1 Å². The SMILES string of the molecule is CCOC(=O)CNC(=O)[C@H](CCCNC(=O)OCC1c2ccccc2-c2ccccc21)NC(=O)Cn1cc(C)c(=O)[nH]c1=O. The standard InChI is InChI=1S/C31H35N5O8/c1-3-43-27(38)15-33-29(40)25(34-26(37)17-36-16-19(2)28(39)35-30(36)41)13-8-14-32-31(42)44-18-24-22-11-6-4-9-20(22)21-10-5-7-12-23(21)24/h4-7,9-12,16,24-25H,3,8,13-15,17-18H2,1-2H3,(H,32,42)(H,33,40)(H,34,37)(H,35,39,41)/t25-/m0/s1. The average molecular weight is 606 g/mol. The van der Waals surface area contributed by atoms with Crippen LogP contribution in [0, 0.1) is 6.92 Å². The molecule has 3 aromatic rings. The van der Waals surface area contributed by atoms with Gasteiger partial charge in [0.15, 0.2) is 0 Å². The Morgan fingerprint density at radius 2 is 1.61 bits per heavy atom. The topological polar surface area (TPSA) is 178 Å². The van der Waals surface area contributed by atoms with Crippen LogP contribution in [-0.4, -0.2) is 65.8 Å². The van der Waals surface area contributed by atoms with Crippen molar-refractivity contribution in [1.29, 1.82) is 0 Å². The second-order valence-electron chi connectivity index (χ2n) is 10.2. The predicted octanol–water partition coefficient (Wildman–Crippen LogP) is 1.33. The number of aromatic nitrogens is 2. The van der Waals surface area contributed by atoms with Crippen LogP contribution >= 0.6 is 0 Å². The molecule has 1 atom stereocenters. The Morgan fingerprint density at radius 3 is 2.27 bits per heavy atom. The smallest absolute Gasteiger partial charge is 0.407 e. The summed E-state index contributed by atoms with van der Waals surface area (Å²) in [6, 6.07) is 14.9. The molecule has 4 rings (SSSR count). The molecule has 0 bridgehead atoms. The van der Waals surface area contributed by atoms with Gasteiger partial charge in [-0.2, -0.15) is 0 Å². The van der Waals surface area contributed by atoms with E-state index in [1.54, 1.807) is 6.92 Å². The lowest BCUT2D eigenvalue weighted by molar-refractivity contribution is -0.143. The van der Waals surface area contributed by atoms with Gasteiger partial charge in [0.2, 0.25) is 11.8 Å². The number of esters is 1. The predicted molar refractivity (Wildman–Crippen MR) is 160 cm³/mol. The van der Waals surface area contributed by atoms with E-state index in [1.165, 1.54) is 13.1 Å². The van der Waals surface area contributed by atoms with E-state index in [1.807, 2.05) is 48.5 Å². The maximum absolute atomic E-state index is 12.8. The molecule has 0 radical (unpaired) electrons. The second-order valence-corrected chi connectivity index (χ2v) is 10.2. The number of fused-ring (bicyclic) bond motifs is 3. The lowest BCUT2D eigenvalue weighted by Crippen LogP contribution is -2.49. The van der Waals surface area contributed by atoms with E-state index in [0.717, 1.165) is 26.8 Å². The summed E-state index contributed by atoms with van der Waals surface area (Å²) < 4.78 is 11.4. The van der Waals surface area contributed by atoms with Crippen LogP contribution in [0.15, 0.2) is 64.3 Å². The molecule has 1 aliphatic rings. The van der Waals surface area contributed by atoms with Crippen LogP contribution in [0.4, 0.5) is 4.79 Å². The van der Waals surface area contributed by atoms with E-state index >= 15 is 0 Å². The van der Waals surface area contributed by atoms with Gasteiger partial charge in [-0.15, -0.1) is 0 Å². The molecule has 0 aliphatic heterocycles. The van der Waals surface area contributed by atoms with Gasteiger partial charge in [-0.25, -0.2) is 9.59 Å². The van der Waals surface area contributed by atoms with Gasteiger partial charge in [0.25, 0.3) is 5.56 Å². The van der Waals surface area contributed by atoms with Gasteiger partial charge in [-0.1, -0.05) is 48.5 Å². The van der Waals surface area contributed by atoms with Gasteiger partial charge < -0.3 is 25.4 Å². The number of nitrogens with zero attached hydrogens (tertiary/aromatic N) is 1. The van der Waals surface area contributed by atoms with Crippen molar-refractivity contribution < 1.29 is 28.7 Å². The fraction of sp³-hybridized carbons (Fsp3) is 0.355. The number of hydrogen-bond donors (Lipinski definition) is 4. The Hall–Kier alpha value is -5.20. The van der Waals surface area contributed by atoms with Crippen LogP contribution in [0.2, 0.25) is 0 Å². The van der Waals surface area contributed by atoms with Crippen molar-refractivity contribution in [3.8, 4) is 11.1 Å². The minimum absolute atomic E-state index is 0.0884. The molecule has 13 heteroatoms. The number of carbonyl (C=O) groups excluding carboxylic acids is 4. The largest absolute Gasteiger partial charge is 0.465 e. The van der Waals surface area contributed by atoms with Crippen LogP contribution in [0.1, 0.15) is 42.4 Å². The molecule has 1 aromatic heterocycles. The van der Waals surface area contributed by atoms with Crippen molar-refractivity contribution >= 4 is 23.9 Å². The summed E-state index contributed by atoms with van der Waals surface area (Å²) in [4.78, 5) is 75.6. The zero-order chi connectivity index (χ0) is 31.6. The van der Waals surface area contributed by atoms with Crippen molar-refractivity contribution in [3.63, 3.8) is 0 Å². The van der Waals surface area contributed by atoms with Crippen molar-refractivity contribution in [1.82, 2.24) is 25.5 Å². The fourth-order valence-corrected chi connectivity index (χ4v) is 5.04. The first-order valence-electron chi connectivity index (χ1n) is 14.3. The Morgan fingerprint density at radius 1 is 0.955 bits per heavy atom. The summed E-state index contributed by atoms with van der Waals surface area (Å²) in [6.45, 7) is 2.72. The molecule has 0 saturated carbocycles. The van der Waals surface area contributed by atoms with Crippen LogP contribution in [0.5, 0.6) is 0 Å². The molecule has 1 aliphatic carbocycles. The fourth-order valence-electron chi connectivity index (χ4n) is 5.04. The number of ether oxygens (including phenoxy) is 2. The quantitative estimate of drug-likeness (QED) is 0.167. The second kappa shape index (κ2) is 14.8. The third-order valence-electron chi connectivity index (χ3n) is 7.15. The van der Waals surface area contributed by atoms with Gasteiger partial charge in [0, 0.05) is 24.2 Å². The minimum atomic E-state index is -1.08. The number of amides is 3. The highest BCUT2D eigenvalue weighted by Gasteiger charge is 2.29. The summed E-state index contributed by atoms with van der Waals surface area (Å²) >= 11 is 0. The number of carbonyl (C=O) groups is 4. The molecular weight excluding hydrogens is 570 g/mol. The first-order valence-corrected chi connectivity index (χ1v) is 14.3. The first kappa shape index (κ1) is 31.7. The van der Waals surface area contributed by atoms with E-state index < -0.39 is 54.3 Å². The number of aromatic amines is 1. The molecule has 1 heterocycles. The van der Waals surface area contributed by atoms with Gasteiger partial charge in [-0.05, 0) is 48.9 Å². The average Bonchev–Trinajstić information content (AvgIpc) is 3.32. The van der Waals surface area contributed by atoms with Gasteiger partial charge in [0.1, 0.15) is 25.7 Å². The molecule has 0 fully saturated rings. The van der Waals surface area contributed by atoms with Crippen LogP contribution in [0.3, 0.4) is 0 Å². The summed E-state index contributed by atoms with van der Waals surface area (Å²) in [5.41, 5.74) is 3.32. The summed E-state index contributed by atoms with van der Waals surface area (Å²) in [5, 5.41) is 7.65. The minimum Gasteiger partial charge on any atom is -0.465 e. The first-order chi connectivity index (χ1) is 21.2. The Balaban J connectivity index is 1.30. The Bertz CT molecular complexity index is 1600. The van der Waals surface area contributed by atoms with Gasteiger partial charge in [-0.3, -0.25) is 28.7 Å². The Labute approximate surface area is 253 Å². The van der Waals surface area contributed by atoms with Crippen molar-refractivity contribution in [2.75, 3.05) is 26.3 Å². The number of benzene rings is 2. The highest BCUT2D eigenvalue weighted by Crippen LogP contribution is 2.44. The molecule has 0 unspecified atom stereocenters. The maximum atomic E-state index is 12.8.